The Bertz CT molecular complexity index is 750. The third kappa shape index (κ3) is 2.36. The van der Waals surface area contributed by atoms with Gasteiger partial charge in [-0.25, -0.2) is 0 Å². The lowest BCUT2D eigenvalue weighted by Gasteiger charge is -2.40. The number of hydrogen-bond donors (Lipinski definition) is 0. The minimum absolute atomic E-state index is 0.0407. The molecule has 1 unspecified atom stereocenters. The first kappa shape index (κ1) is 14.5. The summed E-state index contributed by atoms with van der Waals surface area (Å²) in [6.07, 6.45) is 0.909. The first-order valence-corrected chi connectivity index (χ1v) is 8.77. The number of carbonyl (C=O) groups excluding carboxylic acids is 2. The maximum absolute atomic E-state index is 12.8. The number of rotatable bonds is 2. The van der Waals surface area contributed by atoms with Crippen LogP contribution >= 0.6 is 11.3 Å². The number of anilines is 1. The van der Waals surface area contributed by atoms with Crippen LogP contribution in [-0.2, 0) is 11.2 Å². The van der Waals surface area contributed by atoms with Gasteiger partial charge in [-0.15, -0.1) is 11.3 Å². The molecule has 2 amide bonds. The molecule has 0 spiro atoms. The van der Waals surface area contributed by atoms with Gasteiger partial charge in [0.05, 0.1) is 10.8 Å². The molecule has 118 valence electrons. The van der Waals surface area contributed by atoms with Gasteiger partial charge >= 0.3 is 0 Å². The third-order valence-corrected chi connectivity index (χ3v) is 5.55. The molecule has 4 nitrogen and oxygen atoms in total. The van der Waals surface area contributed by atoms with Crippen LogP contribution in [0.3, 0.4) is 0 Å². The lowest BCUT2D eigenvalue weighted by Crippen LogP contribution is -2.57. The second-order valence-electron chi connectivity index (χ2n) is 6.27. The van der Waals surface area contributed by atoms with E-state index in [9.17, 15) is 9.59 Å². The predicted octanol–water partition coefficient (Wildman–Crippen LogP) is 2.80. The number of hydrogen-bond acceptors (Lipinski definition) is 3. The zero-order valence-corrected chi connectivity index (χ0v) is 13.8. The molecule has 1 aromatic heterocycles. The van der Waals surface area contributed by atoms with Crippen molar-refractivity contribution in [1.29, 1.82) is 0 Å². The van der Waals surface area contributed by atoms with E-state index in [1.54, 1.807) is 4.90 Å². The molecule has 0 bridgehead atoms. The number of nitrogens with zero attached hydrogens (tertiary/aromatic N) is 2. The van der Waals surface area contributed by atoms with Gasteiger partial charge in [-0.05, 0) is 36.4 Å². The largest absolute Gasteiger partial charge is 0.336 e. The van der Waals surface area contributed by atoms with E-state index in [4.69, 9.17) is 0 Å². The van der Waals surface area contributed by atoms with Crippen molar-refractivity contribution in [1.82, 2.24) is 4.90 Å². The van der Waals surface area contributed by atoms with E-state index in [0.717, 1.165) is 17.0 Å². The summed E-state index contributed by atoms with van der Waals surface area (Å²) in [6, 6.07) is 12.0. The number of benzene rings is 1. The van der Waals surface area contributed by atoms with E-state index in [1.807, 2.05) is 40.6 Å². The molecule has 1 fully saturated rings. The molecular weight excluding hydrogens is 308 g/mol. The molecule has 4 rings (SSSR count). The SMILES string of the molecule is CC1Cc2ccccc2N1C(=O)C1CN(C(=O)c2cccs2)C1. The Morgan fingerprint density at radius 1 is 1.13 bits per heavy atom. The number of carbonyl (C=O) groups is 2. The fraction of sp³-hybridized carbons (Fsp3) is 0.333. The third-order valence-electron chi connectivity index (χ3n) is 4.69. The van der Waals surface area contributed by atoms with Gasteiger partial charge in [0.15, 0.2) is 0 Å². The Labute approximate surface area is 139 Å². The van der Waals surface area contributed by atoms with E-state index in [-0.39, 0.29) is 23.8 Å². The highest BCUT2D eigenvalue weighted by Crippen LogP contribution is 2.34. The van der Waals surface area contributed by atoms with Crippen molar-refractivity contribution in [2.45, 2.75) is 19.4 Å². The van der Waals surface area contributed by atoms with Gasteiger partial charge in [-0.3, -0.25) is 9.59 Å². The van der Waals surface area contributed by atoms with Crippen LogP contribution in [0.5, 0.6) is 0 Å². The lowest BCUT2D eigenvalue weighted by atomic mass is 9.97. The van der Waals surface area contributed by atoms with E-state index >= 15 is 0 Å². The summed E-state index contributed by atoms with van der Waals surface area (Å²) in [5.41, 5.74) is 2.27. The fourth-order valence-electron chi connectivity index (χ4n) is 3.45. The van der Waals surface area contributed by atoms with Crippen LogP contribution in [-0.4, -0.2) is 35.8 Å². The smallest absolute Gasteiger partial charge is 0.263 e. The highest BCUT2D eigenvalue weighted by atomic mass is 32.1. The molecule has 1 aromatic carbocycles. The first-order valence-electron chi connectivity index (χ1n) is 7.89. The van der Waals surface area contributed by atoms with E-state index < -0.39 is 0 Å². The van der Waals surface area contributed by atoms with Crippen LogP contribution in [0, 0.1) is 5.92 Å². The quantitative estimate of drug-likeness (QED) is 0.851. The Kier molecular flexibility index (Phi) is 3.45. The molecule has 1 atom stereocenters. The van der Waals surface area contributed by atoms with Crippen LogP contribution in [0.2, 0.25) is 0 Å². The summed E-state index contributed by atoms with van der Waals surface area (Å²) < 4.78 is 0. The Morgan fingerprint density at radius 3 is 2.65 bits per heavy atom. The van der Waals surface area contributed by atoms with Gasteiger partial charge in [0.1, 0.15) is 0 Å². The second-order valence-corrected chi connectivity index (χ2v) is 7.22. The molecule has 2 aromatic rings. The maximum Gasteiger partial charge on any atom is 0.263 e. The van der Waals surface area contributed by atoms with Crippen molar-refractivity contribution in [3.05, 3.63) is 52.2 Å². The predicted molar refractivity (Wildman–Crippen MR) is 90.8 cm³/mol. The van der Waals surface area contributed by atoms with E-state index in [0.29, 0.717) is 13.1 Å². The standard InChI is InChI=1S/C18H18N2O2S/c1-12-9-13-5-2-3-6-15(13)20(12)17(21)14-10-19(11-14)18(22)16-7-4-8-23-16/h2-8,12,14H,9-11H2,1H3. The molecule has 23 heavy (non-hydrogen) atoms. The molecule has 2 aliphatic heterocycles. The Hall–Kier alpha value is -2.14. The van der Waals surface area contributed by atoms with E-state index in [2.05, 4.69) is 13.0 Å². The summed E-state index contributed by atoms with van der Waals surface area (Å²) in [4.78, 5) is 29.5. The van der Waals surface area contributed by atoms with Crippen molar-refractivity contribution in [2.24, 2.45) is 5.92 Å². The van der Waals surface area contributed by atoms with Crippen molar-refractivity contribution in [3.63, 3.8) is 0 Å². The van der Waals surface area contributed by atoms with E-state index in [1.165, 1.54) is 16.9 Å². The average molecular weight is 326 g/mol. The van der Waals surface area contributed by atoms with Crippen LogP contribution in [0.1, 0.15) is 22.2 Å². The number of para-hydroxylation sites is 1. The first-order chi connectivity index (χ1) is 11.1. The maximum atomic E-state index is 12.8. The fourth-order valence-corrected chi connectivity index (χ4v) is 4.15. The zero-order valence-electron chi connectivity index (χ0n) is 12.9. The highest BCUT2D eigenvalue weighted by Gasteiger charge is 2.41. The minimum atomic E-state index is -0.0764. The molecule has 3 heterocycles. The zero-order chi connectivity index (χ0) is 16.0. The summed E-state index contributed by atoms with van der Waals surface area (Å²) in [5, 5.41) is 1.90. The number of likely N-dealkylation sites (tertiary alicyclic amines) is 1. The van der Waals surface area contributed by atoms with Gasteiger partial charge < -0.3 is 9.80 Å². The van der Waals surface area contributed by atoms with Gasteiger partial charge in [-0.1, -0.05) is 24.3 Å². The van der Waals surface area contributed by atoms with Gasteiger partial charge in [0, 0.05) is 24.8 Å². The molecule has 2 aliphatic rings. The normalized spacial score (nSPS) is 20.3. The summed E-state index contributed by atoms with van der Waals surface area (Å²) >= 11 is 1.45. The van der Waals surface area contributed by atoms with Crippen molar-refractivity contribution < 1.29 is 9.59 Å². The van der Waals surface area contributed by atoms with Gasteiger partial charge in [0.25, 0.3) is 5.91 Å². The van der Waals surface area contributed by atoms with Crippen LogP contribution < -0.4 is 4.90 Å². The summed E-state index contributed by atoms with van der Waals surface area (Å²) in [7, 11) is 0. The average Bonchev–Trinajstić information content (AvgIpc) is 3.11. The topological polar surface area (TPSA) is 40.6 Å². The number of fused-ring (bicyclic) bond motifs is 1. The second kappa shape index (κ2) is 5.49. The van der Waals surface area contributed by atoms with Crippen molar-refractivity contribution >= 4 is 28.8 Å². The number of thiophene rings is 1. The van der Waals surface area contributed by atoms with Crippen LogP contribution in [0.25, 0.3) is 0 Å². The monoisotopic (exact) mass is 326 g/mol. The van der Waals surface area contributed by atoms with Crippen LogP contribution in [0.15, 0.2) is 41.8 Å². The molecule has 0 aliphatic carbocycles. The van der Waals surface area contributed by atoms with Crippen LogP contribution in [0.4, 0.5) is 5.69 Å². The molecular formula is C18H18N2O2S. The molecule has 0 radical (unpaired) electrons. The number of amides is 2. The molecule has 1 saturated heterocycles. The van der Waals surface area contributed by atoms with Gasteiger partial charge in [0.2, 0.25) is 5.91 Å². The molecule has 0 N–H and O–H groups in total. The Morgan fingerprint density at radius 2 is 1.91 bits per heavy atom. The van der Waals surface area contributed by atoms with Crippen molar-refractivity contribution in [3.8, 4) is 0 Å². The minimum Gasteiger partial charge on any atom is -0.336 e. The summed E-state index contributed by atoms with van der Waals surface area (Å²) in [6.45, 7) is 3.15. The summed E-state index contributed by atoms with van der Waals surface area (Å²) in [5.74, 6) is 0.115. The Balaban J connectivity index is 1.45. The highest BCUT2D eigenvalue weighted by molar-refractivity contribution is 7.12. The lowest BCUT2D eigenvalue weighted by molar-refractivity contribution is -0.126. The van der Waals surface area contributed by atoms with Crippen molar-refractivity contribution in [2.75, 3.05) is 18.0 Å². The molecule has 0 saturated carbocycles. The van der Waals surface area contributed by atoms with Gasteiger partial charge in [-0.2, -0.15) is 0 Å². The molecule has 5 heteroatoms.